The summed E-state index contributed by atoms with van der Waals surface area (Å²) >= 11 is 0. The molecule has 22 heavy (non-hydrogen) atoms. The molecular weight excluding hydrogens is 276 g/mol. The van der Waals surface area contributed by atoms with Gasteiger partial charge in [-0.1, -0.05) is 60.2 Å². The fraction of sp³-hybridized carbons (Fsp3) is 0.111. The van der Waals surface area contributed by atoms with Gasteiger partial charge in [0.25, 0.3) is 0 Å². The molecule has 0 bridgehead atoms. The van der Waals surface area contributed by atoms with E-state index in [4.69, 9.17) is 0 Å². The second-order valence-electron chi connectivity index (χ2n) is 5.23. The molecular formula is C18H16N2O2. The van der Waals surface area contributed by atoms with E-state index in [0.29, 0.717) is 6.54 Å². The summed E-state index contributed by atoms with van der Waals surface area (Å²) in [6.07, 6.45) is 0. The molecule has 4 nitrogen and oxygen atoms in total. The molecule has 0 saturated heterocycles. The molecule has 1 aromatic heterocycles. The van der Waals surface area contributed by atoms with E-state index in [0.717, 1.165) is 16.8 Å². The number of aromatic nitrogens is 2. The summed E-state index contributed by atoms with van der Waals surface area (Å²) in [5, 5.41) is 13.4. The molecule has 1 heterocycles. The molecule has 2 aromatic carbocycles. The zero-order valence-corrected chi connectivity index (χ0v) is 12.2. The minimum Gasteiger partial charge on any atom is -0.476 e. The van der Waals surface area contributed by atoms with Crippen LogP contribution in [-0.4, -0.2) is 20.9 Å². The molecule has 0 aliphatic carbocycles. The molecule has 0 aliphatic rings. The number of hydrogen-bond acceptors (Lipinski definition) is 2. The van der Waals surface area contributed by atoms with Crippen molar-refractivity contribution in [3.8, 4) is 11.3 Å². The van der Waals surface area contributed by atoms with Crippen molar-refractivity contribution in [2.24, 2.45) is 0 Å². The third-order valence-corrected chi connectivity index (χ3v) is 3.52. The second-order valence-corrected chi connectivity index (χ2v) is 5.23. The first-order valence-electron chi connectivity index (χ1n) is 7.05. The Labute approximate surface area is 128 Å². The van der Waals surface area contributed by atoms with Gasteiger partial charge in [-0.2, -0.15) is 5.10 Å². The minimum atomic E-state index is -1.01. The van der Waals surface area contributed by atoms with Gasteiger partial charge in [0.15, 0.2) is 5.69 Å². The number of rotatable bonds is 4. The summed E-state index contributed by atoms with van der Waals surface area (Å²) in [6, 6.07) is 19.5. The highest BCUT2D eigenvalue weighted by Crippen LogP contribution is 2.21. The number of aromatic carboxylic acids is 1. The Morgan fingerprint density at radius 2 is 1.77 bits per heavy atom. The van der Waals surface area contributed by atoms with Crippen molar-refractivity contribution in [2.45, 2.75) is 13.5 Å². The fourth-order valence-corrected chi connectivity index (χ4v) is 2.35. The van der Waals surface area contributed by atoms with Gasteiger partial charge >= 0.3 is 5.97 Å². The van der Waals surface area contributed by atoms with Crippen LogP contribution in [-0.2, 0) is 6.54 Å². The number of carbonyl (C=O) groups is 1. The van der Waals surface area contributed by atoms with Crippen molar-refractivity contribution < 1.29 is 9.90 Å². The van der Waals surface area contributed by atoms with E-state index in [-0.39, 0.29) is 5.69 Å². The zero-order valence-electron chi connectivity index (χ0n) is 12.2. The van der Waals surface area contributed by atoms with Crippen molar-refractivity contribution in [3.63, 3.8) is 0 Å². The van der Waals surface area contributed by atoms with Crippen LogP contribution in [0.15, 0.2) is 60.7 Å². The topological polar surface area (TPSA) is 55.1 Å². The maximum Gasteiger partial charge on any atom is 0.356 e. The lowest BCUT2D eigenvalue weighted by Gasteiger charge is -2.08. The van der Waals surface area contributed by atoms with Gasteiger partial charge in [0.05, 0.1) is 12.2 Å². The first kappa shape index (κ1) is 14.1. The highest BCUT2D eigenvalue weighted by atomic mass is 16.4. The van der Waals surface area contributed by atoms with E-state index in [1.54, 1.807) is 10.7 Å². The molecule has 1 N–H and O–H groups in total. The van der Waals surface area contributed by atoms with Gasteiger partial charge in [-0.15, -0.1) is 0 Å². The predicted octanol–water partition coefficient (Wildman–Crippen LogP) is 3.61. The van der Waals surface area contributed by atoms with Crippen molar-refractivity contribution in [2.75, 3.05) is 0 Å². The average molecular weight is 292 g/mol. The third-order valence-electron chi connectivity index (χ3n) is 3.52. The number of carboxylic acids is 1. The zero-order chi connectivity index (χ0) is 15.5. The largest absolute Gasteiger partial charge is 0.476 e. The summed E-state index contributed by atoms with van der Waals surface area (Å²) in [4.78, 5) is 11.2. The molecule has 0 atom stereocenters. The second kappa shape index (κ2) is 5.85. The third kappa shape index (κ3) is 2.91. The highest BCUT2D eigenvalue weighted by Gasteiger charge is 2.14. The number of benzene rings is 2. The summed E-state index contributed by atoms with van der Waals surface area (Å²) in [6.45, 7) is 2.58. The van der Waals surface area contributed by atoms with Gasteiger partial charge in [0, 0.05) is 0 Å². The van der Waals surface area contributed by atoms with Gasteiger partial charge in [0.1, 0.15) is 0 Å². The van der Waals surface area contributed by atoms with Crippen molar-refractivity contribution >= 4 is 5.97 Å². The van der Waals surface area contributed by atoms with E-state index in [2.05, 4.69) is 5.10 Å². The van der Waals surface area contributed by atoms with Crippen LogP contribution < -0.4 is 0 Å². The number of carboxylic acid groups (broad SMARTS) is 1. The Morgan fingerprint density at radius 1 is 1.09 bits per heavy atom. The standard InChI is InChI=1S/C18H16N2O2/c1-13-7-9-14(10-8-13)12-20-17(11-16(19-20)18(21)22)15-5-3-2-4-6-15/h2-11H,12H2,1H3,(H,21,22). The van der Waals surface area contributed by atoms with E-state index in [9.17, 15) is 9.90 Å². The monoisotopic (exact) mass is 292 g/mol. The molecule has 0 unspecified atom stereocenters. The SMILES string of the molecule is Cc1ccc(Cn2nc(C(=O)O)cc2-c2ccccc2)cc1. The van der Waals surface area contributed by atoms with Crippen molar-refractivity contribution in [1.82, 2.24) is 9.78 Å². The molecule has 0 saturated carbocycles. The molecule has 3 rings (SSSR count). The van der Waals surface area contributed by atoms with Gasteiger partial charge < -0.3 is 5.11 Å². The van der Waals surface area contributed by atoms with E-state index >= 15 is 0 Å². The molecule has 0 fully saturated rings. The lowest BCUT2D eigenvalue weighted by molar-refractivity contribution is 0.0689. The van der Waals surface area contributed by atoms with E-state index < -0.39 is 5.97 Å². The van der Waals surface area contributed by atoms with Gasteiger partial charge in [-0.3, -0.25) is 4.68 Å². The lowest BCUT2D eigenvalue weighted by Crippen LogP contribution is -2.05. The quantitative estimate of drug-likeness (QED) is 0.799. The number of hydrogen-bond donors (Lipinski definition) is 1. The molecule has 0 amide bonds. The Balaban J connectivity index is 2.02. The van der Waals surface area contributed by atoms with Crippen LogP contribution in [0, 0.1) is 6.92 Å². The van der Waals surface area contributed by atoms with Gasteiger partial charge in [0.2, 0.25) is 0 Å². The van der Waals surface area contributed by atoms with Crippen LogP contribution in [0.5, 0.6) is 0 Å². The summed E-state index contributed by atoms with van der Waals surface area (Å²) in [5.41, 5.74) is 4.10. The Bertz CT molecular complexity index is 790. The lowest BCUT2D eigenvalue weighted by atomic mass is 10.1. The van der Waals surface area contributed by atoms with Crippen LogP contribution >= 0.6 is 0 Å². The smallest absolute Gasteiger partial charge is 0.356 e. The number of aryl methyl sites for hydroxylation is 1. The molecule has 0 radical (unpaired) electrons. The highest BCUT2D eigenvalue weighted by molar-refractivity contribution is 5.87. The molecule has 4 heteroatoms. The Kier molecular flexibility index (Phi) is 3.74. The summed E-state index contributed by atoms with van der Waals surface area (Å²) in [5.74, 6) is -1.01. The van der Waals surface area contributed by atoms with Crippen LogP contribution in [0.25, 0.3) is 11.3 Å². The maximum atomic E-state index is 11.2. The normalized spacial score (nSPS) is 10.6. The first-order chi connectivity index (χ1) is 10.6. The molecule has 0 spiro atoms. The molecule has 3 aromatic rings. The van der Waals surface area contributed by atoms with Gasteiger partial charge in [-0.25, -0.2) is 4.79 Å². The number of nitrogens with zero attached hydrogens (tertiary/aromatic N) is 2. The molecule has 110 valence electrons. The van der Waals surface area contributed by atoms with Crippen molar-refractivity contribution in [1.29, 1.82) is 0 Å². The predicted molar refractivity (Wildman–Crippen MR) is 84.9 cm³/mol. The van der Waals surface area contributed by atoms with Crippen molar-refractivity contribution in [3.05, 3.63) is 77.5 Å². The summed E-state index contributed by atoms with van der Waals surface area (Å²) in [7, 11) is 0. The van der Waals surface area contributed by atoms with E-state index in [1.807, 2.05) is 61.5 Å². The first-order valence-corrected chi connectivity index (χ1v) is 7.05. The Morgan fingerprint density at radius 3 is 2.41 bits per heavy atom. The fourth-order valence-electron chi connectivity index (χ4n) is 2.35. The molecule has 0 aliphatic heterocycles. The van der Waals surface area contributed by atoms with E-state index in [1.165, 1.54) is 5.56 Å². The van der Waals surface area contributed by atoms with Crippen LogP contribution in [0.2, 0.25) is 0 Å². The minimum absolute atomic E-state index is 0.0611. The summed E-state index contributed by atoms with van der Waals surface area (Å²) < 4.78 is 1.74. The van der Waals surface area contributed by atoms with Crippen LogP contribution in [0.1, 0.15) is 21.6 Å². The van der Waals surface area contributed by atoms with Crippen LogP contribution in [0.3, 0.4) is 0 Å². The van der Waals surface area contributed by atoms with Crippen LogP contribution in [0.4, 0.5) is 0 Å². The average Bonchev–Trinajstić information content (AvgIpc) is 2.95. The van der Waals surface area contributed by atoms with Gasteiger partial charge in [-0.05, 0) is 24.1 Å². The Hall–Kier alpha value is -2.88. The maximum absolute atomic E-state index is 11.2.